The molecule has 20 heavy (non-hydrogen) atoms. The smallest absolute Gasteiger partial charge is 0.248 e. The molecule has 0 bridgehead atoms. The summed E-state index contributed by atoms with van der Waals surface area (Å²) in [7, 11) is 0. The van der Waals surface area contributed by atoms with E-state index in [2.05, 4.69) is 15.8 Å². The fraction of sp³-hybridized carbons (Fsp3) is 0.267. The summed E-state index contributed by atoms with van der Waals surface area (Å²) in [6.45, 7) is 1.80. The first-order chi connectivity index (χ1) is 9.69. The molecule has 102 valence electrons. The van der Waals surface area contributed by atoms with Gasteiger partial charge in [-0.15, -0.1) is 0 Å². The zero-order valence-corrected chi connectivity index (χ0v) is 11.1. The van der Waals surface area contributed by atoms with Crippen molar-refractivity contribution >= 4 is 23.2 Å². The lowest BCUT2D eigenvalue weighted by Gasteiger charge is -2.12. The fourth-order valence-electron chi connectivity index (χ4n) is 2.41. The van der Waals surface area contributed by atoms with Crippen LogP contribution in [0.4, 0.5) is 5.69 Å². The van der Waals surface area contributed by atoms with Gasteiger partial charge < -0.3 is 5.32 Å². The van der Waals surface area contributed by atoms with Gasteiger partial charge in [0.25, 0.3) is 0 Å². The molecule has 1 aromatic carbocycles. The minimum atomic E-state index is -0.148. The van der Waals surface area contributed by atoms with Gasteiger partial charge in [-0.05, 0) is 37.1 Å². The summed E-state index contributed by atoms with van der Waals surface area (Å²) in [6, 6.07) is 7.51. The third-order valence-corrected chi connectivity index (χ3v) is 3.53. The van der Waals surface area contributed by atoms with E-state index < -0.39 is 0 Å². The highest BCUT2D eigenvalue weighted by Gasteiger charge is 2.49. The zero-order chi connectivity index (χ0) is 14.1. The van der Waals surface area contributed by atoms with Crippen molar-refractivity contribution in [3.8, 4) is 0 Å². The molecular weight excluding hydrogens is 254 g/mol. The molecule has 5 nitrogen and oxygen atoms in total. The molecule has 1 aliphatic heterocycles. The minimum Gasteiger partial charge on any atom is -0.323 e. The second kappa shape index (κ2) is 4.92. The van der Waals surface area contributed by atoms with Gasteiger partial charge in [0.05, 0.1) is 5.71 Å². The molecule has 0 saturated heterocycles. The number of hydrogen-bond donors (Lipinski definition) is 2. The molecule has 2 amide bonds. The van der Waals surface area contributed by atoms with Crippen molar-refractivity contribution < 1.29 is 9.59 Å². The van der Waals surface area contributed by atoms with Crippen LogP contribution in [-0.2, 0) is 9.59 Å². The molecule has 0 aromatic heterocycles. The zero-order valence-electron chi connectivity index (χ0n) is 11.1. The van der Waals surface area contributed by atoms with Crippen molar-refractivity contribution in [1.82, 2.24) is 5.43 Å². The maximum atomic E-state index is 11.4. The largest absolute Gasteiger partial charge is 0.323 e. The normalized spacial score (nSPS) is 23.9. The van der Waals surface area contributed by atoms with Gasteiger partial charge in [0.15, 0.2) is 0 Å². The number of rotatable bonds is 3. The van der Waals surface area contributed by atoms with Gasteiger partial charge in [-0.3, -0.25) is 9.59 Å². The molecule has 1 saturated carbocycles. The highest BCUT2D eigenvalue weighted by atomic mass is 16.2. The SMILES string of the molecule is CC=CC(=O)Nc1ccc(C2=NNC(=O)C3CC23)cc1. The maximum Gasteiger partial charge on any atom is 0.248 e. The van der Waals surface area contributed by atoms with E-state index in [9.17, 15) is 9.59 Å². The maximum absolute atomic E-state index is 11.4. The Labute approximate surface area is 116 Å². The summed E-state index contributed by atoms with van der Waals surface area (Å²) in [5.74, 6) is 0.225. The first-order valence-electron chi connectivity index (χ1n) is 6.60. The average molecular weight is 269 g/mol. The van der Waals surface area contributed by atoms with E-state index in [0.29, 0.717) is 0 Å². The van der Waals surface area contributed by atoms with Gasteiger partial charge in [0.2, 0.25) is 11.8 Å². The quantitative estimate of drug-likeness (QED) is 0.819. The van der Waals surface area contributed by atoms with E-state index in [0.717, 1.165) is 23.4 Å². The Morgan fingerprint density at radius 2 is 2.10 bits per heavy atom. The van der Waals surface area contributed by atoms with Crippen molar-refractivity contribution in [3.05, 3.63) is 42.0 Å². The Bertz CT molecular complexity index is 617. The van der Waals surface area contributed by atoms with Crippen LogP contribution in [0.5, 0.6) is 0 Å². The van der Waals surface area contributed by atoms with Gasteiger partial charge in [0, 0.05) is 17.5 Å². The second-order valence-electron chi connectivity index (χ2n) is 4.99. The Hall–Kier alpha value is -2.43. The molecule has 2 unspecified atom stereocenters. The van der Waals surface area contributed by atoms with Gasteiger partial charge in [0.1, 0.15) is 0 Å². The topological polar surface area (TPSA) is 70.6 Å². The van der Waals surface area contributed by atoms with Crippen LogP contribution in [0.1, 0.15) is 18.9 Å². The standard InChI is InChI=1S/C15H15N3O2/c1-2-3-13(19)16-10-6-4-9(5-7-10)14-11-8-12(11)15(20)18-17-14/h2-7,11-12H,8H2,1H3,(H,16,19)(H,18,20). The molecule has 1 aliphatic carbocycles. The highest BCUT2D eigenvalue weighted by Crippen LogP contribution is 2.43. The Kier molecular flexibility index (Phi) is 3.10. The first kappa shape index (κ1) is 12.6. The van der Waals surface area contributed by atoms with Crippen molar-refractivity contribution in [3.63, 3.8) is 0 Å². The number of carbonyl (C=O) groups is 2. The van der Waals surface area contributed by atoms with Crippen molar-refractivity contribution in [2.75, 3.05) is 5.32 Å². The third kappa shape index (κ3) is 2.34. The van der Waals surface area contributed by atoms with Crippen LogP contribution >= 0.6 is 0 Å². The molecule has 1 aromatic rings. The number of nitrogens with zero attached hydrogens (tertiary/aromatic N) is 1. The summed E-state index contributed by atoms with van der Waals surface area (Å²) < 4.78 is 0. The first-order valence-corrected chi connectivity index (χ1v) is 6.60. The van der Waals surface area contributed by atoms with E-state index in [4.69, 9.17) is 0 Å². The lowest BCUT2D eigenvalue weighted by molar-refractivity contribution is -0.122. The van der Waals surface area contributed by atoms with E-state index in [1.165, 1.54) is 6.08 Å². The summed E-state index contributed by atoms with van der Waals surface area (Å²) in [6.07, 6.45) is 4.05. The van der Waals surface area contributed by atoms with Crippen molar-refractivity contribution in [2.24, 2.45) is 16.9 Å². The highest BCUT2D eigenvalue weighted by molar-refractivity contribution is 6.09. The molecule has 5 heteroatoms. The van der Waals surface area contributed by atoms with Crippen LogP contribution in [0.25, 0.3) is 0 Å². The number of hydrogen-bond acceptors (Lipinski definition) is 3. The number of amides is 2. The summed E-state index contributed by atoms with van der Waals surface area (Å²) in [5.41, 5.74) is 5.22. The predicted molar refractivity (Wildman–Crippen MR) is 76.2 cm³/mol. The summed E-state index contributed by atoms with van der Waals surface area (Å²) in [4.78, 5) is 22.8. The van der Waals surface area contributed by atoms with E-state index >= 15 is 0 Å². The molecule has 0 radical (unpaired) electrons. The van der Waals surface area contributed by atoms with Crippen LogP contribution in [-0.4, -0.2) is 17.5 Å². The molecule has 1 fully saturated rings. The fourth-order valence-corrected chi connectivity index (χ4v) is 2.41. The van der Waals surface area contributed by atoms with Crippen LogP contribution in [0.3, 0.4) is 0 Å². The molecular formula is C15H15N3O2. The van der Waals surface area contributed by atoms with Gasteiger partial charge in [-0.1, -0.05) is 18.2 Å². The van der Waals surface area contributed by atoms with Gasteiger partial charge >= 0.3 is 0 Å². The van der Waals surface area contributed by atoms with Crippen LogP contribution in [0, 0.1) is 11.8 Å². The Morgan fingerprint density at radius 1 is 1.35 bits per heavy atom. The van der Waals surface area contributed by atoms with Crippen molar-refractivity contribution in [2.45, 2.75) is 13.3 Å². The lowest BCUT2D eigenvalue weighted by atomic mass is 10.0. The predicted octanol–water partition coefficient (Wildman–Crippen LogP) is 1.67. The number of fused-ring (bicyclic) bond motifs is 1. The summed E-state index contributed by atoms with van der Waals surface area (Å²) >= 11 is 0. The summed E-state index contributed by atoms with van der Waals surface area (Å²) in [5, 5.41) is 6.91. The van der Waals surface area contributed by atoms with E-state index in [1.807, 2.05) is 24.3 Å². The monoisotopic (exact) mass is 269 g/mol. The lowest BCUT2D eigenvalue weighted by Crippen LogP contribution is -2.28. The molecule has 2 atom stereocenters. The molecule has 2 aliphatic rings. The number of hydrazone groups is 1. The number of anilines is 1. The number of allylic oxidation sites excluding steroid dienone is 1. The van der Waals surface area contributed by atoms with Crippen molar-refractivity contribution in [1.29, 1.82) is 0 Å². The Balaban J connectivity index is 1.74. The molecule has 3 rings (SSSR count). The van der Waals surface area contributed by atoms with Gasteiger partial charge in [-0.25, -0.2) is 5.43 Å². The number of benzene rings is 1. The molecule has 1 heterocycles. The minimum absolute atomic E-state index is 0.0222. The van der Waals surface area contributed by atoms with E-state index in [1.54, 1.807) is 13.0 Å². The van der Waals surface area contributed by atoms with Crippen LogP contribution in [0.2, 0.25) is 0 Å². The average Bonchev–Trinajstić information content (AvgIpc) is 3.22. The Morgan fingerprint density at radius 3 is 2.80 bits per heavy atom. The number of nitrogens with one attached hydrogen (secondary N) is 2. The molecule has 0 spiro atoms. The van der Waals surface area contributed by atoms with Crippen LogP contribution in [0.15, 0.2) is 41.5 Å². The third-order valence-electron chi connectivity index (χ3n) is 3.53. The number of carbonyl (C=O) groups excluding carboxylic acids is 2. The second-order valence-corrected chi connectivity index (χ2v) is 4.99. The van der Waals surface area contributed by atoms with Gasteiger partial charge in [-0.2, -0.15) is 5.10 Å². The van der Waals surface area contributed by atoms with Crippen LogP contribution < -0.4 is 10.7 Å². The molecule has 2 N–H and O–H groups in total. The van der Waals surface area contributed by atoms with E-state index in [-0.39, 0.29) is 23.7 Å².